The summed E-state index contributed by atoms with van der Waals surface area (Å²) in [4.78, 5) is 19.8. The van der Waals surface area contributed by atoms with Crippen LogP contribution in [-0.2, 0) is 13.0 Å². The summed E-state index contributed by atoms with van der Waals surface area (Å²) in [5.74, 6) is 0.343. The fraction of sp³-hybridized carbons (Fsp3) is 0.375. The molecule has 2 heterocycles. The third-order valence-electron chi connectivity index (χ3n) is 2.34. The highest BCUT2D eigenvalue weighted by atomic mass is 35.5. The summed E-state index contributed by atoms with van der Waals surface area (Å²) < 4.78 is 0. The van der Waals surface area contributed by atoms with Crippen molar-refractivity contribution in [2.45, 2.75) is 13.0 Å². The van der Waals surface area contributed by atoms with Gasteiger partial charge >= 0.3 is 6.09 Å². The van der Waals surface area contributed by atoms with Crippen LogP contribution in [0.5, 0.6) is 0 Å². The molecular formula is C8H9ClN4O2. The number of nitrogens with zero attached hydrogens (tertiary/aromatic N) is 3. The van der Waals surface area contributed by atoms with Crippen LogP contribution < -0.4 is 5.73 Å². The van der Waals surface area contributed by atoms with Gasteiger partial charge < -0.3 is 15.7 Å². The lowest BCUT2D eigenvalue weighted by Crippen LogP contribution is -2.35. The van der Waals surface area contributed by atoms with Crippen LogP contribution in [0.4, 0.5) is 10.6 Å². The van der Waals surface area contributed by atoms with E-state index in [9.17, 15) is 4.79 Å². The van der Waals surface area contributed by atoms with Crippen molar-refractivity contribution in [2.75, 3.05) is 12.3 Å². The van der Waals surface area contributed by atoms with Crippen molar-refractivity contribution in [2.24, 2.45) is 0 Å². The molecule has 1 aromatic heterocycles. The molecule has 2 rings (SSSR count). The molecule has 0 aliphatic carbocycles. The average molecular weight is 229 g/mol. The van der Waals surface area contributed by atoms with E-state index in [1.54, 1.807) is 0 Å². The highest BCUT2D eigenvalue weighted by Gasteiger charge is 2.23. The van der Waals surface area contributed by atoms with Gasteiger partial charge in [-0.05, 0) is 18.0 Å². The highest BCUT2D eigenvalue weighted by molar-refractivity contribution is 6.28. The third-order valence-corrected chi connectivity index (χ3v) is 2.51. The van der Waals surface area contributed by atoms with Gasteiger partial charge in [0.15, 0.2) is 0 Å². The molecule has 0 atom stereocenters. The Morgan fingerprint density at radius 1 is 1.53 bits per heavy atom. The van der Waals surface area contributed by atoms with Crippen molar-refractivity contribution >= 4 is 23.5 Å². The van der Waals surface area contributed by atoms with Crippen LogP contribution in [0.3, 0.4) is 0 Å². The van der Waals surface area contributed by atoms with Gasteiger partial charge in [0, 0.05) is 12.1 Å². The Morgan fingerprint density at radius 2 is 2.27 bits per heavy atom. The number of carbonyl (C=O) groups is 1. The Morgan fingerprint density at radius 3 is 2.93 bits per heavy atom. The Balaban J connectivity index is 2.37. The van der Waals surface area contributed by atoms with Gasteiger partial charge in [-0.3, -0.25) is 0 Å². The van der Waals surface area contributed by atoms with Crippen LogP contribution in [0.25, 0.3) is 0 Å². The smallest absolute Gasteiger partial charge is 0.407 e. The molecule has 3 N–H and O–H groups in total. The van der Waals surface area contributed by atoms with E-state index in [2.05, 4.69) is 9.97 Å². The van der Waals surface area contributed by atoms with Gasteiger partial charge in [-0.1, -0.05) is 0 Å². The number of nitrogen functional groups attached to an aromatic ring is 1. The van der Waals surface area contributed by atoms with Gasteiger partial charge in [-0.2, -0.15) is 0 Å². The van der Waals surface area contributed by atoms with Crippen LogP contribution in [0, 0.1) is 0 Å². The maximum atomic E-state index is 10.8. The number of amides is 1. The molecule has 7 heteroatoms. The molecule has 0 fully saturated rings. The van der Waals surface area contributed by atoms with Crippen LogP contribution in [0.2, 0.25) is 5.28 Å². The number of fused-ring (bicyclic) bond motifs is 1. The average Bonchev–Trinajstić information content (AvgIpc) is 2.16. The summed E-state index contributed by atoms with van der Waals surface area (Å²) in [5, 5.41) is 8.87. The molecule has 0 saturated carbocycles. The molecule has 0 bridgehead atoms. The van der Waals surface area contributed by atoms with E-state index in [4.69, 9.17) is 22.4 Å². The fourth-order valence-corrected chi connectivity index (χ4v) is 1.78. The molecule has 0 spiro atoms. The Kier molecular flexibility index (Phi) is 2.36. The minimum absolute atomic E-state index is 0.0542. The molecule has 80 valence electrons. The summed E-state index contributed by atoms with van der Waals surface area (Å²) in [6, 6.07) is 0. The van der Waals surface area contributed by atoms with Crippen molar-refractivity contribution < 1.29 is 9.90 Å². The summed E-state index contributed by atoms with van der Waals surface area (Å²) in [7, 11) is 0. The van der Waals surface area contributed by atoms with Crippen molar-refractivity contribution in [1.29, 1.82) is 0 Å². The standard InChI is InChI=1S/C8H9ClN4O2/c9-7-11-5-3-13(8(14)15)2-1-4(5)6(10)12-7/h1-3H2,(H,14,15)(H2,10,11,12). The van der Waals surface area contributed by atoms with Gasteiger partial charge in [0.25, 0.3) is 0 Å². The first-order valence-corrected chi connectivity index (χ1v) is 4.74. The van der Waals surface area contributed by atoms with E-state index in [-0.39, 0.29) is 11.8 Å². The fourth-order valence-electron chi connectivity index (χ4n) is 1.59. The minimum Gasteiger partial charge on any atom is -0.465 e. The van der Waals surface area contributed by atoms with E-state index in [1.807, 2.05) is 0 Å². The number of rotatable bonds is 0. The van der Waals surface area contributed by atoms with Gasteiger partial charge in [0.1, 0.15) is 5.82 Å². The molecule has 0 saturated heterocycles. The van der Waals surface area contributed by atoms with Crippen molar-refractivity contribution in [1.82, 2.24) is 14.9 Å². The monoisotopic (exact) mass is 228 g/mol. The lowest BCUT2D eigenvalue weighted by Gasteiger charge is -2.25. The summed E-state index contributed by atoms with van der Waals surface area (Å²) in [6.07, 6.45) is -0.432. The SMILES string of the molecule is Nc1nc(Cl)nc2c1CCN(C(=O)O)C2. The Bertz CT molecular complexity index is 423. The first kappa shape index (κ1) is 9.97. The van der Waals surface area contributed by atoms with E-state index >= 15 is 0 Å². The first-order valence-electron chi connectivity index (χ1n) is 4.36. The molecule has 0 aromatic carbocycles. The molecule has 6 nitrogen and oxygen atoms in total. The molecule has 15 heavy (non-hydrogen) atoms. The van der Waals surface area contributed by atoms with Crippen LogP contribution in [-0.4, -0.2) is 32.6 Å². The van der Waals surface area contributed by atoms with Crippen LogP contribution in [0.15, 0.2) is 0 Å². The summed E-state index contributed by atoms with van der Waals surface area (Å²) >= 11 is 5.64. The number of hydrogen-bond acceptors (Lipinski definition) is 4. The van der Waals surface area contributed by atoms with E-state index in [0.29, 0.717) is 24.5 Å². The summed E-state index contributed by atoms with van der Waals surface area (Å²) in [6.45, 7) is 0.634. The van der Waals surface area contributed by atoms with E-state index < -0.39 is 6.09 Å². The molecule has 1 amide bonds. The molecular weight excluding hydrogens is 220 g/mol. The second-order valence-corrected chi connectivity index (χ2v) is 3.60. The van der Waals surface area contributed by atoms with Crippen molar-refractivity contribution in [3.63, 3.8) is 0 Å². The van der Waals surface area contributed by atoms with E-state index in [0.717, 1.165) is 5.56 Å². The molecule has 0 unspecified atom stereocenters. The van der Waals surface area contributed by atoms with Crippen molar-refractivity contribution in [3.8, 4) is 0 Å². The second kappa shape index (κ2) is 3.54. The third kappa shape index (κ3) is 1.80. The maximum absolute atomic E-state index is 10.8. The molecule has 1 aromatic rings. The second-order valence-electron chi connectivity index (χ2n) is 3.26. The topological polar surface area (TPSA) is 92.3 Å². The number of aromatic nitrogens is 2. The first-order chi connectivity index (χ1) is 7.08. The zero-order valence-corrected chi connectivity index (χ0v) is 8.53. The molecule has 1 aliphatic heterocycles. The lowest BCUT2D eigenvalue weighted by molar-refractivity contribution is 0.139. The van der Waals surface area contributed by atoms with Gasteiger partial charge in [-0.25, -0.2) is 14.8 Å². The number of nitrogens with two attached hydrogens (primary N) is 1. The van der Waals surface area contributed by atoms with Gasteiger partial charge in [-0.15, -0.1) is 0 Å². The zero-order chi connectivity index (χ0) is 11.0. The molecule has 1 aliphatic rings. The number of anilines is 1. The number of hydrogen-bond donors (Lipinski definition) is 2. The van der Waals surface area contributed by atoms with Gasteiger partial charge in [0.2, 0.25) is 5.28 Å². The van der Waals surface area contributed by atoms with Gasteiger partial charge in [0.05, 0.1) is 12.2 Å². The summed E-state index contributed by atoms with van der Waals surface area (Å²) in [5.41, 5.74) is 7.06. The highest BCUT2D eigenvalue weighted by Crippen LogP contribution is 2.22. The lowest BCUT2D eigenvalue weighted by atomic mass is 10.1. The number of halogens is 1. The maximum Gasteiger partial charge on any atom is 0.407 e. The Hall–Kier alpha value is -1.56. The predicted molar refractivity (Wildman–Crippen MR) is 53.6 cm³/mol. The number of carboxylic acid groups (broad SMARTS) is 1. The van der Waals surface area contributed by atoms with Crippen LogP contribution in [0.1, 0.15) is 11.3 Å². The molecule has 0 radical (unpaired) electrons. The minimum atomic E-state index is -0.964. The quantitative estimate of drug-likeness (QED) is 0.639. The Labute approximate surface area is 90.7 Å². The normalized spacial score (nSPS) is 14.9. The predicted octanol–water partition coefficient (Wildman–Crippen LogP) is 0.748. The van der Waals surface area contributed by atoms with E-state index in [1.165, 1.54) is 4.90 Å². The largest absolute Gasteiger partial charge is 0.465 e. The van der Waals surface area contributed by atoms with Crippen LogP contribution >= 0.6 is 11.6 Å². The zero-order valence-electron chi connectivity index (χ0n) is 7.77. The van der Waals surface area contributed by atoms with Crippen molar-refractivity contribution in [3.05, 3.63) is 16.5 Å².